The molecule has 0 aromatic carbocycles. The van der Waals surface area contributed by atoms with Crippen LogP contribution >= 0.6 is 0 Å². The van der Waals surface area contributed by atoms with Gasteiger partial charge in [-0.15, -0.1) is 0 Å². The first-order chi connectivity index (χ1) is 9.83. The van der Waals surface area contributed by atoms with Crippen LogP contribution in [0.5, 0.6) is 0 Å². The van der Waals surface area contributed by atoms with Gasteiger partial charge in [-0.2, -0.15) is 0 Å². The fourth-order valence-corrected chi connectivity index (χ4v) is 2.30. The second kappa shape index (κ2) is 10.2. The summed E-state index contributed by atoms with van der Waals surface area (Å²) in [6, 6.07) is -0.946. The van der Waals surface area contributed by atoms with Crippen molar-refractivity contribution < 1.29 is 24.6 Å². The van der Waals surface area contributed by atoms with Crippen molar-refractivity contribution in [3.63, 3.8) is 0 Å². The molecule has 0 spiro atoms. The highest BCUT2D eigenvalue weighted by molar-refractivity contribution is 5.83. The van der Waals surface area contributed by atoms with Crippen LogP contribution in [0.1, 0.15) is 58.8 Å². The van der Waals surface area contributed by atoms with Gasteiger partial charge in [-0.1, -0.05) is 26.7 Å². The molecule has 0 aliphatic rings. The van der Waals surface area contributed by atoms with Gasteiger partial charge < -0.3 is 15.1 Å². The van der Waals surface area contributed by atoms with E-state index < -0.39 is 18.0 Å². The smallest absolute Gasteiger partial charge is 0.326 e. The Morgan fingerprint density at radius 3 is 2.00 bits per heavy atom. The van der Waals surface area contributed by atoms with Gasteiger partial charge in [0.25, 0.3) is 0 Å². The molecule has 0 saturated heterocycles. The van der Waals surface area contributed by atoms with Crippen molar-refractivity contribution in [1.82, 2.24) is 4.90 Å². The van der Waals surface area contributed by atoms with Gasteiger partial charge in [-0.25, -0.2) is 4.79 Å². The summed E-state index contributed by atoms with van der Waals surface area (Å²) in [6.45, 7) is 4.16. The lowest BCUT2D eigenvalue weighted by atomic mass is 9.97. The number of aliphatic carboxylic acids is 2. The summed E-state index contributed by atoms with van der Waals surface area (Å²) in [5, 5.41) is 17.8. The van der Waals surface area contributed by atoms with Crippen LogP contribution in [-0.2, 0) is 14.4 Å². The molecule has 0 radical (unpaired) electrons. The average Bonchev–Trinajstić information content (AvgIpc) is 2.43. The summed E-state index contributed by atoms with van der Waals surface area (Å²) < 4.78 is 0. The first-order valence-electron chi connectivity index (χ1n) is 7.53. The minimum Gasteiger partial charge on any atom is -0.481 e. The Morgan fingerprint density at radius 1 is 1.00 bits per heavy atom. The van der Waals surface area contributed by atoms with Gasteiger partial charge in [0.05, 0.1) is 0 Å². The van der Waals surface area contributed by atoms with Crippen molar-refractivity contribution in [2.75, 3.05) is 7.05 Å². The molecule has 0 heterocycles. The Morgan fingerprint density at radius 2 is 1.57 bits per heavy atom. The topological polar surface area (TPSA) is 94.9 Å². The normalized spacial score (nSPS) is 12.2. The fraction of sp³-hybridized carbons (Fsp3) is 0.800. The lowest BCUT2D eigenvalue weighted by Gasteiger charge is -2.25. The van der Waals surface area contributed by atoms with E-state index in [1.807, 2.05) is 0 Å². The fourth-order valence-electron chi connectivity index (χ4n) is 2.30. The number of nitrogens with zero attached hydrogens (tertiary/aromatic N) is 1. The third-order valence-corrected chi connectivity index (χ3v) is 3.94. The molecule has 0 rings (SSSR count). The number of hydrogen-bond acceptors (Lipinski definition) is 3. The molecule has 0 aliphatic heterocycles. The quantitative estimate of drug-likeness (QED) is 0.611. The number of carbonyl (C=O) groups is 3. The van der Waals surface area contributed by atoms with E-state index in [0.29, 0.717) is 12.3 Å². The molecule has 1 unspecified atom stereocenters. The van der Waals surface area contributed by atoms with Crippen LogP contribution in [0.4, 0.5) is 0 Å². The van der Waals surface area contributed by atoms with Crippen LogP contribution in [0, 0.1) is 5.92 Å². The zero-order chi connectivity index (χ0) is 16.4. The van der Waals surface area contributed by atoms with Crippen LogP contribution in [0.2, 0.25) is 0 Å². The molecule has 1 amide bonds. The van der Waals surface area contributed by atoms with Crippen molar-refractivity contribution in [1.29, 1.82) is 0 Å². The average molecular weight is 301 g/mol. The molecule has 6 nitrogen and oxygen atoms in total. The van der Waals surface area contributed by atoms with Gasteiger partial charge in [-0.3, -0.25) is 9.59 Å². The third kappa shape index (κ3) is 7.68. The van der Waals surface area contributed by atoms with Gasteiger partial charge in [0.2, 0.25) is 5.91 Å². The van der Waals surface area contributed by atoms with E-state index in [9.17, 15) is 19.5 Å². The zero-order valence-corrected chi connectivity index (χ0v) is 13.2. The molecule has 0 saturated carbocycles. The molecule has 0 aliphatic carbocycles. The van der Waals surface area contributed by atoms with E-state index in [-0.39, 0.29) is 25.2 Å². The standard InChI is InChI=1S/C15H27NO5/c1-4-11(5-2)9-10-13(17)16(3)12(15(20)21)7-6-8-14(18)19/h11-12H,4-10H2,1-3H3,(H,18,19)(H,20,21). The highest BCUT2D eigenvalue weighted by atomic mass is 16.4. The van der Waals surface area contributed by atoms with Gasteiger partial charge in [0.1, 0.15) is 6.04 Å². The second-order valence-electron chi connectivity index (χ2n) is 5.37. The van der Waals surface area contributed by atoms with Crippen LogP contribution in [0.3, 0.4) is 0 Å². The van der Waals surface area contributed by atoms with Crippen LogP contribution in [0.15, 0.2) is 0 Å². The Labute approximate surface area is 126 Å². The summed E-state index contributed by atoms with van der Waals surface area (Å²) in [6.07, 6.45) is 3.44. The lowest BCUT2D eigenvalue weighted by Crippen LogP contribution is -2.42. The van der Waals surface area contributed by atoms with Crippen LogP contribution < -0.4 is 0 Å². The molecular formula is C15H27NO5. The van der Waals surface area contributed by atoms with Crippen LogP contribution in [0.25, 0.3) is 0 Å². The summed E-state index contributed by atoms with van der Waals surface area (Å²) in [5.41, 5.74) is 0. The molecule has 1 atom stereocenters. The predicted octanol–water partition coefficient (Wildman–Crippen LogP) is 2.37. The summed E-state index contributed by atoms with van der Waals surface area (Å²) in [5.74, 6) is -1.75. The molecule has 0 fully saturated rings. The summed E-state index contributed by atoms with van der Waals surface area (Å²) >= 11 is 0. The van der Waals surface area contributed by atoms with E-state index in [1.54, 1.807) is 0 Å². The number of amides is 1. The first kappa shape index (κ1) is 19.4. The predicted molar refractivity (Wildman–Crippen MR) is 79.0 cm³/mol. The molecule has 6 heteroatoms. The number of rotatable bonds is 11. The Hall–Kier alpha value is -1.59. The minimum atomic E-state index is -1.08. The number of carboxylic acids is 2. The van der Waals surface area contributed by atoms with Crippen LogP contribution in [-0.4, -0.2) is 46.0 Å². The number of hydrogen-bond donors (Lipinski definition) is 2. The zero-order valence-electron chi connectivity index (χ0n) is 13.2. The maximum absolute atomic E-state index is 12.1. The van der Waals surface area contributed by atoms with Crippen molar-refractivity contribution >= 4 is 17.8 Å². The highest BCUT2D eigenvalue weighted by Crippen LogP contribution is 2.17. The van der Waals surface area contributed by atoms with E-state index in [4.69, 9.17) is 5.11 Å². The van der Waals surface area contributed by atoms with Crippen molar-refractivity contribution in [2.24, 2.45) is 5.92 Å². The number of carboxylic acid groups (broad SMARTS) is 2. The molecule has 21 heavy (non-hydrogen) atoms. The Bertz CT molecular complexity index is 352. The van der Waals surface area contributed by atoms with Gasteiger partial charge in [0.15, 0.2) is 0 Å². The molecule has 2 N–H and O–H groups in total. The largest absolute Gasteiger partial charge is 0.481 e. The van der Waals surface area contributed by atoms with Gasteiger partial charge in [-0.05, 0) is 25.2 Å². The molecule has 0 aromatic rings. The lowest BCUT2D eigenvalue weighted by molar-refractivity contribution is -0.149. The van der Waals surface area contributed by atoms with Crippen molar-refractivity contribution in [2.45, 2.75) is 64.8 Å². The van der Waals surface area contributed by atoms with Crippen molar-refractivity contribution in [3.05, 3.63) is 0 Å². The van der Waals surface area contributed by atoms with E-state index in [1.165, 1.54) is 11.9 Å². The molecule has 0 bridgehead atoms. The summed E-state index contributed by atoms with van der Waals surface area (Å²) in [7, 11) is 1.48. The Balaban J connectivity index is 4.44. The molecular weight excluding hydrogens is 274 g/mol. The first-order valence-corrected chi connectivity index (χ1v) is 7.53. The highest BCUT2D eigenvalue weighted by Gasteiger charge is 2.26. The van der Waals surface area contributed by atoms with E-state index in [0.717, 1.165) is 19.3 Å². The monoisotopic (exact) mass is 301 g/mol. The third-order valence-electron chi connectivity index (χ3n) is 3.94. The maximum Gasteiger partial charge on any atom is 0.326 e. The maximum atomic E-state index is 12.1. The molecule has 122 valence electrons. The van der Waals surface area contributed by atoms with E-state index in [2.05, 4.69) is 13.8 Å². The van der Waals surface area contributed by atoms with Gasteiger partial charge >= 0.3 is 11.9 Å². The Kier molecular flexibility index (Phi) is 9.41. The SMILES string of the molecule is CCC(CC)CCC(=O)N(C)C(CCCC(=O)O)C(=O)O. The van der Waals surface area contributed by atoms with E-state index >= 15 is 0 Å². The molecule has 0 aromatic heterocycles. The number of likely N-dealkylation sites (N-methyl/N-ethyl adjacent to an activating group) is 1. The summed E-state index contributed by atoms with van der Waals surface area (Å²) in [4.78, 5) is 35.0. The minimum absolute atomic E-state index is 0.0838. The second-order valence-corrected chi connectivity index (χ2v) is 5.37. The number of carbonyl (C=O) groups excluding carboxylic acids is 1. The van der Waals surface area contributed by atoms with Gasteiger partial charge in [0, 0.05) is 19.9 Å². The van der Waals surface area contributed by atoms with Crippen molar-refractivity contribution in [3.8, 4) is 0 Å².